The molecule has 2 aromatic rings. The minimum Gasteiger partial charge on any atom is -0.258 e. The lowest BCUT2D eigenvalue weighted by atomic mass is 10.2. The number of aromatic nitrogens is 3. The van der Waals surface area contributed by atoms with Crippen molar-refractivity contribution in [1.29, 1.82) is 0 Å². The normalized spacial score (nSPS) is 10.5. The summed E-state index contributed by atoms with van der Waals surface area (Å²) in [7, 11) is 0. The van der Waals surface area contributed by atoms with Gasteiger partial charge in [-0.05, 0) is 35.8 Å². The number of halogens is 1. The van der Waals surface area contributed by atoms with E-state index < -0.39 is 4.92 Å². The van der Waals surface area contributed by atoms with Crippen LogP contribution in [0.25, 0.3) is 5.82 Å². The summed E-state index contributed by atoms with van der Waals surface area (Å²) >= 11 is 3.32. The lowest BCUT2D eigenvalue weighted by molar-refractivity contribution is -0.385. The molecule has 0 amide bonds. The highest BCUT2D eigenvalue weighted by Crippen LogP contribution is 2.29. The zero-order valence-electron chi connectivity index (χ0n) is 9.22. The molecule has 0 saturated heterocycles. The Kier molecular flexibility index (Phi) is 2.93. The number of pyridine rings is 1. The average Bonchev–Trinajstić information content (AvgIpc) is 2.68. The van der Waals surface area contributed by atoms with Gasteiger partial charge >= 0.3 is 0 Å². The molecule has 0 atom stereocenters. The Morgan fingerprint density at radius 3 is 2.71 bits per heavy atom. The molecule has 0 aromatic carbocycles. The molecule has 17 heavy (non-hydrogen) atoms. The first-order valence-electron chi connectivity index (χ1n) is 4.83. The van der Waals surface area contributed by atoms with E-state index in [1.165, 1.54) is 6.20 Å². The van der Waals surface area contributed by atoms with Gasteiger partial charge in [-0.1, -0.05) is 0 Å². The Labute approximate surface area is 106 Å². The van der Waals surface area contributed by atoms with Crippen LogP contribution in [0.5, 0.6) is 0 Å². The van der Waals surface area contributed by atoms with E-state index in [-0.39, 0.29) is 5.69 Å². The van der Waals surface area contributed by atoms with E-state index >= 15 is 0 Å². The van der Waals surface area contributed by atoms with Crippen molar-refractivity contribution in [2.24, 2.45) is 0 Å². The molecule has 0 saturated carbocycles. The monoisotopic (exact) mass is 296 g/mol. The largest absolute Gasteiger partial charge is 0.291 e. The molecule has 0 aliphatic heterocycles. The lowest BCUT2D eigenvalue weighted by Gasteiger charge is -2.06. The van der Waals surface area contributed by atoms with Crippen molar-refractivity contribution >= 4 is 21.6 Å². The molecule has 2 rings (SSSR count). The van der Waals surface area contributed by atoms with Crippen molar-refractivity contribution in [2.75, 3.05) is 0 Å². The van der Waals surface area contributed by atoms with Crippen molar-refractivity contribution in [3.05, 3.63) is 44.3 Å². The Hall–Kier alpha value is -1.76. The minimum absolute atomic E-state index is 0.00972. The number of nitrogens with zero attached hydrogens (tertiary/aromatic N) is 4. The number of hydrogen-bond donors (Lipinski definition) is 0. The third-order valence-electron chi connectivity index (χ3n) is 2.35. The summed E-state index contributed by atoms with van der Waals surface area (Å²) in [6, 6.07) is 1.84. The van der Waals surface area contributed by atoms with Crippen LogP contribution >= 0.6 is 15.9 Å². The van der Waals surface area contributed by atoms with Gasteiger partial charge in [0, 0.05) is 11.8 Å². The van der Waals surface area contributed by atoms with Gasteiger partial charge in [0.25, 0.3) is 5.69 Å². The van der Waals surface area contributed by atoms with Crippen molar-refractivity contribution in [3.8, 4) is 5.82 Å². The predicted octanol–water partition coefficient (Wildman–Crippen LogP) is 2.55. The van der Waals surface area contributed by atoms with Gasteiger partial charge < -0.3 is 0 Å². The van der Waals surface area contributed by atoms with Crippen LogP contribution in [0.15, 0.2) is 22.9 Å². The SMILES string of the molecule is Cc1ccn(-c2ncc([N+](=O)[O-])c(C)c2Br)n1. The van der Waals surface area contributed by atoms with Gasteiger partial charge in [-0.15, -0.1) is 0 Å². The fourth-order valence-corrected chi connectivity index (χ4v) is 1.92. The topological polar surface area (TPSA) is 73.8 Å². The molecular weight excluding hydrogens is 288 g/mol. The van der Waals surface area contributed by atoms with Crippen molar-refractivity contribution in [3.63, 3.8) is 0 Å². The first-order valence-corrected chi connectivity index (χ1v) is 5.62. The van der Waals surface area contributed by atoms with Crippen molar-refractivity contribution in [1.82, 2.24) is 14.8 Å². The second-order valence-electron chi connectivity index (χ2n) is 3.56. The Morgan fingerprint density at radius 1 is 1.47 bits per heavy atom. The highest BCUT2D eigenvalue weighted by Gasteiger charge is 2.18. The van der Waals surface area contributed by atoms with Crippen LogP contribution in [0.2, 0.25) is 0 Å². The van der Waals surface area contributed by atoms with Crippen LogP contribution in [0.1, 0.15) is 11.3 Å². The Balaban J connectivity index is 2.58. The highest BCUT2D eigenvalue weighted by molar-refractivity contribution is 9.10. The maximum Gasteiger partial charge on any atom is 0.291 e. The number of rotatable bonds is 2. The summed E-state index contributed by atoms with van der Waals surface area (Å²) in [5.41, 5.74) is 1.38. The molecule has 0 unspecified atom stereocenters. The quantitative estimate of drug-likeness (QED) is 0.630. The van der Waals surface area contributed by atoms with E-state index in [0.717, 1.165) is 5.69 Å². The highest BCUT2D eigenvalue weighted by atomic mass is 79.9. The molecule has 88 valence electrons. The number of hydrogen-bond acceptors (Lipinski definition) is 4. The van der Waals surface area contributed by atoms with Crippen LogP contribution in [-0.2, 0) is 0 Å². The summed E-state index contributed by atoms with van der Waals surface area (Å²) < 4.78 is 2.16. The van der Waals surface area contributed by atoms with Gasteiger partial charge in [-0.3, -0.25) is 10.1 Å². The van der Waals surface area contributed by atoms with Gasteiger partial charge in [0.05, 0.1) is 15.1 Å². The standard InChI is InChI=1S/C10H9BrN4O2/c1-6-3-4-14(13-6)10-9(11)7(2)8(5-12-10)15(16)17/h3-5H,1-2H3. The van der Waals surface area contributed by atoms with E-state index in [1.54, 1.807) is 17.8 Å². The van der Waals surface area contributed by atoms with Crippen molar-refractivity contribution < 1.29 is 4.92 Å². The van der Waals surface area contributed by atoms with Gasteiger partial charge in [0.2, 0.25) is 0 Å². The predicted molar refractivity (Wildman–Crippen MR) is 65.2 cm³/mol. The van der Waals surface area contributed by atoms with Crippen molar-refractivity contribution in [2.45, 2.75) is 13.8 Å². The fraction of sp³-hybridized carbons (Fsp3) is 0.200. The van der Waals surface area contributed by atoms with E-state index in [2.05, 4.69) is 26.0 Å². The molecule has 0 radical (unpaired) electrons. The fourth-order valence-electron chi connectivity index (χ4n) is 1.43. The van der Waals surface area contributed by atoms with Gasteiger partial charge in [-0.2, -0.15) is 5.10 Å². The molecular formula is C10H9BrN4O2. The average molecular weight is 297 g/mol. The smallest absolute Gasteiger partial charge is 0.258 e. The van der Waals surface area contributed by atoms with E-state index in [1.807, 2.05) is 13.0 Å². The van der Waals surface area contributed by atoms with Crippen LogP contribution in [0.4, 0.5) is 5.69 Å². The third-order valence-corrected chi connectivity index (χ3v) is 3.30. The number of nitro groups is 1. The summed E-state index contributed by atoms with van der Waals surface area (Å²) in [4.78, 5) is 14.4. The first-order chi connectivity index (χ1) is 8.00. The molecule has 0 N–H and O–H groups in total. The zero-order valence-corrected chi connectivity index (χ0v) is 10.8. The maximum absolute atomic E-state index is 10.7. The Bertz CT molecular complexity index is 594. The van der Waals surface area contributed by atoms with Gasteiger partial charge in [0.1, 0.15) is 6.20 Å². The molecule has 0 bridgehead atoms. The summed E-state index contributed by atoms with van der Waals surface area (Å²) in [5, 5.41) is 15.0. The number of aryl methyl sites for hydroxylation is 1. The van der Waals surface area contributed by atoms with Gasteiger partial charge in [0.15, 0.2) is 5.82 Å². The molecule has 0 fully saturated rings. The lowest BCUT2D eigenvalue weighted by Crippen LogP contribution is -2.03. The first kappa shape index (κ1) is 11.7. The second kappa shape index (κ2) is 4.25. The zero-order chi connectivity index (χ0) is 12.6. The van der Waals surface area contributed by atoms with Crippen LogP contribution in [0, 0.1) is 24.0 Å². The Morgan fingerprint density at radius 2 is 2.18 bits per heavy atom. The molecule has 2 aromatic heterocycles. The van der Waals surface area contributed by atoms with Crippen LogP contribution < -0.4 is 0 Å². The summed E-state index contributed by atoms with van der Waals surface area (Å²) in [5.74, 6) is 0.543. The molecule has 0 spiro atoms. The van der Waals surface area contributed by atoms with E-state index in [9.17, 15) is 10.1 Å². The summed E-state index contributed by atoms with van der Waals surface area (Å²) in [6.45, 7) is 3.53. The minimum atomic E-state index is -0.453. The van der Waals surface area contributed by atoms with Gasteiger partial charge in [-0.25, -0.2) is 9.67 Å². The van der Waals surface area contributed by atoms with E-state index in [4.69, 9.17) is 0 Å². The van der Waals surface area contributed by atoms with E-state index in [0.29, 0.717) is 15.9 Å². The third kappa shape index (κ3) is 2.05. The van der Waals surface area contributed by atoms with Crippen LogP contribution in [-0.4, -0.2) is 19.7 Å². The molecule has 0 aliphatic carbocycles. The molecule has 0 aliphatic rings. The second-order valence-corrected chi connectivity index (χ2v) is 4.36. The molecule has 6 nitrogen and oxygen atoms in total. The molecule has 7 heteroatoms. The van der Waals surface area contributed by atoms with Crippen LogP contribution in [0.3, 0.4) is 0 Å². The maximum atomic E-state index is 10.7. The summed E-state index contributed by atoms with van der Waals surface area (Å²) in [6.07, 6.45) is 3.00. The molecule has 2 heterocycles.